The molecule has 0 saturated carbocycles. The van der Waals surface area contributed by atoms with Crippen molar-refractivity contribution in [2.45, 2.75) is 31.5 Å². The molecular formula is C22H20F2N4O2. The number of piperidine rings is 2. The molecule has 1 amide bonds. The van der Waals surface area contributed by atoms with Gasteiger partial charge in [-0.3, -0.25) is 14.3 Å². The summed E-state index contributed by atoms with van der Waals surface area (Å²) in [6.45, 7) is 1.49. The van der Waals surface area contributed by atoms with Gasteiger partial charge >= 0.3 is 0 Å². The Labute approximate surface area is 171 Å². The lowest BCUT2D eigenvalue weighted by Gasteiger charge is -2.46. The predicted octanol–water partition coefficient (Wildman–Crippen LogP) is 2.30. The van der Waals surface area contributed by atoms with E-state index in [1.54, 1.807) is 17.0 Å². The number of carbonyl (C=O) groups excluding carboxylic acids is 1. The van der Waals surface area contributed by atoms with Crippen molar-refractivity contribution in [3.05, 3.63) is 75.6 Å². The first kappa shape index (κ1) is 18.9. The Kier molecular flexibility index (Phi) is 4.58. The fourth-order valence-corrected chi connectivity index (χ4v) is 4.47. The van der Waals surface area contributed by atoms with E-state index in [4.69, 9.17) is 0 Å². The van der Waals surface area contributed by atoms with Crippen LogP contribution in [0.2, 0.25) is 0 Å². The first-order chi connectivity index (χ1) is 14.5. The highest BCUT2D eigenvalue weighted by atomic mass is 19.1. The van der Waals surface area contributed by atoms with Gasteiger partial charge in [-0.2, -0.15) is 5.10 Å². The van der Waals surface area contributed by atoms with Crippen LogP contribution in [-0.2, 0) is 6.54 Å². The second-order valence-corrected chi connectivity index (χ2v) is 7.91. The second-order valence-electron chi connectivity index (χ2n) is 7.91. The van der Waals surface area contributed by atoms with Crippen molar-refractivity contribution in [3.8, 4) is 0 Å². The molecular weight excluding hydrogens is 390 g/mol. The van der Waals surface area contributed by atoms with E-state index in [-0.39, 0.29) is 35.5 Å². The van der Waals surface area contributed by atoms with E-state index < -0.39 is 17.1 Å². The topological polar surface area (TPSA) is 67.2 Å². The summed E-state index contributed by atoms with van der Waals surface area (Å²) in [6, 6.07) is 9.06. The second kappa shape index (κ2) is 7.28. The molecule has 6 nitrogen and oxygen atoms in total. The van der Waals surface area contributed by atoms with Crippen LogP contribution in [0, 0.1) is 11.6 Å². The number of fused-ring (bicyclic) bond motifs is 4. The van der Waals surface area contributed by atoms with Gasteiger partial charge in [-0.05, 0) is 42.7 Å². The van der Waals surface area contributed by atoms with E-state index in [1.807, 2.05) is 0 Å². The number of benzene rings is 2. The fraction of sp³-hybridized carbons (Fsp3) is 0.318. The van der Waals surface area contributed by atoms with Crippen LogP contribution >= 0.6 is 0 Å². The van der Waals surface area contributed by atoms with Gasteiger partial charge in [0.05, 0.1) is 29.2 Å². The lowest BCUT2D eigenvalue weighted by molar-refractivity contribution is 0.0436. The van der Waals surface area contributed by atoms with Crippen LogP contribution in [0.4, 0.5) is 8.78 Å². The third kappa shape index (κ3) is 3.17. The lowest BCUT2D eigenvalue weighted by atomic mass is 9.92. The normalized spacial score (nSPS) is 20.7. The third-order valence-corrected chi connectivity index (χ3v) is 6.03. The molecule has 2 atom stereocenters. The van der Waals surface area contributed by atoms with Gasteiger partial charge in [0, 0.05) is 25.2 Å². The molecule has 2 unspecified atom stereocenters. The van der Waals surface area contributed by atoms with E-state index in [0.717, 1.165) is 25.6 Å². The Morgan fingerprint density at radius 2 is 2.03 bits per heavy atom. The number of hydrogen-bond acceptors (Lipinski definition) is 4. The first-order valence-corrected chi connectivity index (χ1v) is 9.98. The Hall–Kier alpha value is -3.13. The van der Waals surface area contributed by atoms with Crippen LogP contribution in [0.1, 0.15) is 28.8 Å². The number of amides is 1. The van der Waals surface area contributed by atoms with Crippen molar-refractivity contribution in [1.29, 1.82) is 0 Å². The SMILES string of the molecule is O=C(c1cc(Cn2ncc(=O)c3c(F)cccc32)ccc1F)N1CC2CCC1CN2. The van der Waals surface area contributed by atoms with Crippen LogP contribution in [0.3, 0.4) is 0 Å². The van der Waals surface area contributed by atoms with E-state index in [0.29, 0.717) is 17.6 Å². The molecule has 0 spiro atoms. The van der Waals surface area contributed by atoms with Gasteiger partial charge in [-0.25, -0.2) is 8.78 Å². The Bertz CT molecular complexity index is 1200. The Balaban J connectivity index is 1.48. The molecule has 3 saturated heterocycles. The number of halogens is 2. The molecule has 154 valence electrons. The summed E-state index contributed by atoms with van der Waals surface area (Å²) in [4.78, 5) is 26.8. The number of nitrogens with zero attached hydrogens (tertiary/aromatic N) is 3. The van der Waals surface area contributed by atoms with Crippen molar-refractivity contribution in [3.63, 3.8) is 0 Å². The van der Waals surface area contributed by atoms with Gasteiger partial charge in [-0.1, -0.05) is 12.1 Å². The van der Waals surface area contributed by atoms with Crippen molar-refractivity contribution >= 4 is 16.8 Å². The number of carbonyl (C=O) groups is 1. The van der Waals surface area contributed by atoms with Crippen LogP contribution in [-0.4, -0.2) is 45.8 Å². The van der Waals surface area contributed by atoms with Crippen LogP contribution in [0.15, 0.2) is 47.4 Å². The zero-order valence-electron chi connectivity index (χ0n) is 16.1. The summed E-state index contributed by atoms with van der Waals surface area (Å²) in [6.07, 6.45) is 3.01. The largest absolute Gasteiger partial charge is 0.333 e. The molecule has 30 heavy (non-hydrogen) atoms. The van der Waals surface area contributed by atoms with Gasteiger partial charge in [0.15, 0.2) is 0 Å². The zero-order valence-corrected chi connectivity index (χ0v) is 16.1. The molecule has 3 aliphatic heterocycles. The fourth-order valence-electron chi connectivity index (χ4n) is 4.47. The number of nitrogens with one attached hydrogen (secondary N) is 1. The maximum Gasteiger partial charge on any atom is 0.257 e. The Morgan fingerprint density at radius 3 is 2.77 bits per heavy atom. The van der Waals surface area contributed by atoms with E-state index in [9.17, 15) is 18.4 Å². The first-order valence-electron chi connectivity index (χ1n) is 9.98. The van der Waals surface area contributed by atoms with Crippen LogP contribution < -0.4 is 10.7 Å². The maximum absolute atomic E-state index is 14.5. The highest BCUT2D eigenvalue weighted by molar-refractivity contribution is 5.95. The summed E-state index contributed by atoms with van der Waals surface area (Å²) in [5.41, 5.74) is 0.514. The monoisotopic (exact) mass is 410 g/mol. The van der Waals surface area contributed by atoms with E-state index in [1.165, 1.54) is 28.9 Å². The van der Waals surface area contributed by atoms with E-state index >= 15 is 0 Å². The molecule has 3 aromatic rings. The molecule has 3 aliphatic rings. The maximum atomic E-state index is 14.5. The summed E-state index contributed by atoms with van der Waals surface area (Å²) in [5, 5.41) is 7.45. The standard InChI is InChI=1S/C22H20F2N4O2/c23-17-7-4-13(8-16(17)22(30)27-12-14-5-6-15(27)9-25-14)11-28-19-3-1-2-18(24)21(19)20(29)10-26-28/h1-4,7-8,10,14-15,25H,5-6,9,11-12H2. The summed E-state index contributed by atoms with van der Waals surface area (Å²) >= 11 is 0. The number of hydrogen-bond donors (Lipinski definition) is 1. The van der Waals surface area contributed by atoms with Gasteiger partial charge in [0.2, 0.25) is 5.43 Å². The molecule has 4 heterocycles. The van der Waals surface area contributed by atoms with Crippen LogP contribution in [0.5, 0.6) is 0 Å². The molecule has 6 rings (SSSR count). The zero-order chi connectivity index (χ0) is 20.8. The molecule has 2 bridgehead atoms. The summed E-state index contributed by atoms with van der Waals surface area (Å²) in [5.74, 6) is -1.49. The van der Waals surface area contributed by atoms with Crippen molar-refractivity contribution in [2.24, 2.45) is 0 Å². The minimum absolute atomic E-state index is 0.0246. The highest BCUT2D eigenvalue weighted by Gasteiger charge is 2.37. The molecule has 3 fully saturated rings. The predicted molar refractivity (Wildman–Crippen MR) is 107 cm³/mol. The summed E-state index contributed by atoms with van der Waals surface area (Å²) in [7, 11) is 0. The molecule has 0 aliphatic carbocycles. The molecule has 0 radical (unpaired) electrons. The average Bonchev–Trinajstić information content (AvgIpc) is 2.77. The number of piperazine rings is 1. The average molecular weight is 410 g/mol. The minimum Gasteiger partial charge on any atom is -0.333 e. The third-order valence-electron chi connectivity index (χ3n) is 6.03. The van der Waals surface area contributed by atoms with Crippen molar-refractivity contribution in [1.82, 2.24) is 20.0 Å². The highest BCUT2D eigenvalue weighted by Crippen LogP contribution is 2.25. The molecule has 1 N–H and O–H groups in total. The van der Waals surface area contributed by atoms with Crippen molar-refractivity contribution in [2.75, 3.05) is 13.1 Å². The van der Waals surface area contributed by atoms with Gasteiger partial charge in [0.1, 0.15) is 11.6 Å². The van der Waals surface area contributed by atoms with Crippen LogP contribution in [0.25, 0.3) is 10.9 Å². The van der Waals surface area contributed by atoms with E-state index in [2.05, 4.69) is 10.4 Å². The minimum atomic E-state index is -0.614. The molecule has 2 aromatic carbocycles. The summed E-state index contributed by atoms with van der Waals surface area (Å²) < 4.78 is 30.1. The molecule has 1 aromatic heterocycles. The Morgan fingerprint density at radius 1 is 1.17 bits per heavy atom. The van der Waals surface area contributed by atoms with Gasteiger partial charge < -0.3 is 10.2 Å². The quantitative estimate of drug-likeness (QED) is 0.720. The molecule has 8 heteroatoms. The van der Waals surface area contributed by atoms with Gasteiger partial charge in [-0.15, -0.1) is 0 Å². The van der Waals surface area contributed by atoms with Gasteiger partial charge in [0.25, 0.3) is 5.91 Å². The number of aromatic nitrogens is 2. The number of rotatable bonds is 3. The van der Waals surface area contributed by atoms with Crippen molar-refractivity contribution < 1.29 is 13.6 Å². The smallest absolute Gasteiger partial charge is 0.257 e. The lowest BCUT2D eigenvalue weighted by Crippen LogP contribution is -2.62.